The van der Waals surface area contributed by atoms with E-state index in [0.29, 0.717) is 0 Å². The fraction of sp³-hybridized carbons (Fsp3) is 0.750. The molecule has 1 heteroatoms. The molecule has 0 spiro atoms. The molecule has 0 aromatic carbocycles. The summed E-state index contributed by atoms with van der Waals surface area (Å²) in [5.74, 6) is 2.26. The van der Waals surface area contributed by atoms with Crippen LogP contribution in [0.15, 0.2) is 11.9 Å². The van der Waals surface area contributed by atoms with E-state index in [0.717, 1.165) is 0 Å². The van der Waals surface area contributed by atoms with E-state index in [9.17, 15) is 0 Å². The minimum Gasteiger partial charge on any atom is -0.0840 e. The molecule has 0 aliphatic rings. The van der Waals surface area contributed by atoms with Crippen molar-refractivity contribution in [1.82, 2.24) is 0 Å². The van der Waals surface area contributed by atoms with Gasteiger partial charge in [0.25, 0.3) is 0 Å². The number of hydrogen-bond acceptors (Lipinski definition) is 0. The Balaban J connectivity index is 2.82. The van der Waals surface area contributed by atoms with Crippen LogP contribution in [-0.2, 0) is 0 Å². The van der Waals surface area contributed by atoms with Crippen molar-refractivity contribution in [3.63, 3.8) is 0 Å². The van der Waals surface area contributed by atoms with Crippen LogP contribution in [0, 0.1) is 0 Å². The lowest BCUT2D eigenvalue weighted by atomic mass is 10.4. The van der Waals surface area contributed by atoms with Crippen molar-refractivity contribution in [1.29, 1.82) is 0 Å². The minimum atomic E-state index is 1.18. The second-order valence-corrected chi connectivity index (χ2v) is 3.16. The van der Waals surface area contributed by atoms with Gasteiger partial charge < -0.3 is 0 Å². The van der Waals surface area contributed by atoms with Gasteiger partial charge in [0.2, 0.25) is 0 Å². The zero-order valence-corrected chi connectivity index (χ0v) is 7.32. The third-order valence-corrected chi connectivity index (χ3v) is 2.08. The highest BCUT2D eigenvalue weighted by atomic mass is 31.1. The monoisotopic (exact) mass is 143 g/mol. The molecule has 0 saturated heterocycles. The summed E-state index contributed by atoms with van der Waals surface area (Å²) < 4.78 is 0. The fourth-order valence-corrected chi connectivity index (χ4v) is 1.51. The van der Waals surface area contributed by atoms with Crippen LogP contribution in [0.1, 0.15) is 33.1 Å². The van der Waals surface area contributed by atoms with Gasteiger partial charge in [-0.15, -0.1) is 0 Å². The lowest BCUT2D eigenvalue weighted by molar-refractivity contribution is 0.895. The summed E-state index contributed by atoms with van der Waals surface area (Å²) in [6.07, 6.45) is 7.45. The first kappa shape index (κ1) is 9.17. The second kappa shape index (κ2) is 8.17. The molecule has 1 radical (unpaired) electrons. The van der Waals surface area contributed by atoms with Crippen molar-refractivity contribution in [2.45, 2.75) is 33.1 Å². The van der Waals surface area contributed by atoms with Gasteiger partial charge in [-0.25, -0.2) is 0 Å². The standard InChI is InChI=1S/C8H16P/c1-3-5-7-9-8-6-4-2/h5,7H,3-4,6,8H2,1-2H3/b7-5+. The molecule has 0 aromatic rings. The van der Waals surface area contributed by atoms with E-state index in [1.807, 2.05) is 0 Å². The highest BCUT2D eigenvalue weighted by Crippen LogP contribution is 2.13. The van der Waals surface area contributed by atoms with Gasteiger partial charge in [-0.1, -0.05) is 40.7 Å². The van der Waals surface area contributed by atoms with E-state index in [1.165, 1.54) is 34.0 Å². The van der Waals surface area contributed by atoms with E-state index in [2.05, 4.69) is 25.7 Å². The zero-order valence-electron chi connectivity index (χ0n) is 6.43. The first-order chi connectivity index (χ1) is 4.41. The van der Waals surface area contributed by atoms with Crippen LogP contribution < -0.4 is 0 Å². The predicted molar refractivity (Wildman–Crippen MR) is 46.1 cm³/mol. The van der Waals surface area contributed by atoms with Gasteiger partial charge in [-0.05, 0) is 19.0 Å². The average molecular weight is 143 g/mol. The molecule has 0 atom stereocenters. The van der Waals surface area contributed by atoms with Crippen molar-refractivity contribution < 1.29 is 0 Å². The molecule has 0 nitrogen and oxygen atoms in total. The molecule has 0 N–H and O–H groups in total. The SMILES string of the molecule is CC/C=C/[P]CCCC. The topological polar surface area (TPSA) is 0 Å². The Morgan fingerprint density at radius 1 is 1.33 bits per heavy atom. The van der Waals surface area contributed by atoms with Crippen molar-refractivity contribution >= 4 is 8.58 Å². The van der Waals surface area contributed by atoms with Crippen LogP contribution in [0.5, 0.6) is 0 Å². The molecule has 0 aromatic heterocycles. The Hall–Kier alpha value is 0.170. The van der Waals surface area contributed by atoms with Crippen molar-refractivity contribution in [3.05, 3.63) is 11.9 Å². The number of rotatable bonds is 5. The largest absolute Gasteiger partial charge is 0.0840 e. The van der Waals surface area contributed by atoms with E-state index in [1.54, 1.807) is 0 Å². The molecule has 0 unspecified atom stereocenters. The third-order valence-electron chi connectivity index (χ3n) is 1.09. The Bertz CT molecular complexity index is 67.0. The van der Waals surface area contributed by atoms with Crippen LogP contribution in [-0.4, -0.2) is 6.16 Å². The molecule has 0 heterocycles. The summed E-state index contributed by atoms with van der Waals surface area (Å²) in [7, 11) is 1.49. The quantitative estimate of drug-likeness (QED) is 0.407. The van der Waals surface area contributed by atoms with Crippen LogP contribution in [0.4, 0.5) is 0 Å². The van der Waals surface area contributed by atoms with Crippen LogP contribution in [0.25, 0.3) is 0 Å². The highest BCUT2D eigenvalue weighted by Gasteiger charge is 1.80. The summed E-state index contributed by atoms with van der Waals surface area (Å²) in [6.45, 7) is 4.41. The minimum absolute atomic E-state index is 1.18. The van der Waals surface area contributed by atoms with Gasteiger partial charge in [0.15, 0.2) is 0 Å². The highest BCUT2D eigenvalue weighted by molar-refractivity contribution is 7.41. The van der Waals surface area contributed by atoms with Gasteiger partial charge >= 0.3 is 0 Å². The first-order valence-corrected chi connectivity index (χ1v) is 4.88. The van der Waals surface area contributed by atoms with Gasteiger partial charge in [0.05, 0.1) is 0 Å². The lowest BCUT2D eigenvalue weighted by Gasteiger charge is -1.89. The van der Waals surface area contributed by atoms with E-state index in [4.69, 9.17) is 0 Å². The first-order valence-electron chi connectivity index (χ1n) is 3.73. The van der Waals surface area contributed by atoms with Gasteiger partial charge in [0, 0.05) is 0 Å². The normalized spacial score (nSPS) is 12.2. The molecule has 0 bridgehead atoms. The summed E-state index contributed by atoms with van der Waals surface area (Å²) in [4.78, 5) is 0. The van der Waals surface area contributed by atoms with Crippen LogP contribution in [0.3, 0.4) is 0 Å². The maximum Gasteiger partial charge on any atom is -0.0250 e. The molecule has 0 amide bonds. The van der Waals surface area contributed by atoms with Gasteiger partial charge in [-0.2, -0.15) is 0 Å². The van der Waals surface area contributed by atoms with Gasteiger partial charge in [0.1, 0.15) is 0 Å². The fourth-order valence-electron chi connectivity index (χ4n) is 0.504. The maximum absolute atomic E-state index is 2.26. The maximum atomic E-state index is 2.26. The smallest absolute Gasteiger partial charge is 0.0250 e. The summed E-state index contributed by atoms with van der Waals surface area (Å²) in [5, 5.41) is 0. The second-order valence-electron chi connectivity index (χ2n) is 2.05. The molecule has 0 fully saturated rings. The van der Waals surface area contributed by atoms with E-state index >= 15 is 0 Å². The van der Waals surface area contributed by atoms with Crippen LogP contribution in [0.2, 0.25) is 0 Å². The van der Waals surface area contributed by atoms with Crippen molar-refractivity contribution in [2.75, 3.05) is 6.16 Å². The molecule has 53 valence electrons. The summed E-state index contributed by atoms with van der Waals surface area (Å²) in [6, 6.07) is 0. The molecule has 0 aliphatic heterocycles. The Labute approximate surface area is 60.5 Å². The van der Waals surface area contributed by atoms with E-state index in [-0.39, 0.29) is 0 Å². The lowest BCUT2D eigenvalue weighted by Crippen LogP contribution is -1.69. The zero-order chi connectivity index (χ0) is 6.95. The third kappa shape index (κ3) is 8.17. The predicted octanol–water partition coefficient (Wildman–Crippen LogP) is 3.66. The average Bonchev–Trinajstić information content (AvgIpc) is 1.89. The number of hydrogen-bond donors (Lipinski definition) is 0. The summed E-state index contributed by atoms with van der Waals surface area (Å²) in [5.41, 5.74) is 0. The Morgan fingerprint density at radius 2 is 2.11 bits per heavy atom. The van der Waals surface area contributed by atoms with Crippen molar-refractivity contribution in [2.24, 2.45) is 0 Å². The summed E-state index contributed by atoms with van der Waals surface area (Å²) >= 11 is 0. The Morgan fingerprint density at radius 3 is 2.67 bits per heavy atom. The van der Waals surface area contributed by atoms with Gasteiger partial charge in [-0.3, -0.25) is 0 Å². The molecule has 0 aliphatic carbocycles. The molecule has 9 heavy (non-hydrogen) atoms. The Kier molecular flexibility index (Phi) is 8.32. The molecule has 0 saturated carbocycles. The molecule has 0 rings (SSSR count). The number of allylic oxidation sites excluding steroid dienone is 1. The van der Waals surface area contributed by atoms with Crippen LogP contribution >= 0.6 is 8.58 Å². The molecular weight excluding hydrogens is 127 g/mol. The molecular formula is C8H16P. The van der Waals surface area contributed by atoms with E-state index < -0.39 is 0 Å². The number of unbranched alkanes of at least 4 members (excludes halogenated alkanes) is 1. The van der Waals surface area contributed by atoms with Crippen molar-refractivity contribution in [3.8, 4) is 0 Å².